The molecule has 0 unspecified atom stereocenters. The average Bonchev–Trinajstić information content (AvgIpc) is 3.02. The van der Waals surface area contributed by atoms with E-state index in [1.54, 1.807) is 11.6 Å². The number of tetrazole rings is 1. The number of amides is 2. The highest BCUT2D eigenvalue weighted by Crippen LogP contribution is 2.17. The fourth-order valence-corrected chi connectivity index (χ4v) is 2.51. The number of para-hydroxylation sites is 1. The highest BCUT2D eigenvalue weighted by Gasteiger charge is 2.16. The molecule has 0 aliphatic carbocycles. The summed E-state index contributed by atoms with van der Waals surface area (Å²) in [6, 6.07) is 8.83. The topological polar surface area (TPSA) is 102 Å². The van der Waals surface area contributed by atoms with Crippen LogP contribution in [0.15, 0.2) is 35.5 Å². The lowest BCUT2D eigenvalue weighted by Gasteiger charge is -2.12. The van der Waals surface area contributed by atoms with Gasteiger partial charge in [0, 0.05) is 6.54 Å². The molecule has 0 aliphatic heterocycles. The van der Waals surface area contributed by atoms with Gasteiger partial charge >= 0.3 is 0 Å². The third-order valence-corrected chi connectivity index (χ3v) is 3.82. The van der Waals surface area contributed by atoms with Crippen molar-refractivity contribution in [2.45, 2.75) is 25.0 Å². The minimum absolute atomic E-state index is 0.122. The van der Waals surface area contributed by atoms with Crippen molar-refractivity contribution in [1.82, 2.24) is 30.8 Å². The van der Waals surface area contributed by atoms with E-state index in [-0.39, 0.29) is 17.6 Å². The molecule has 9 heteroatoms. The predicted molar refractivity (Wildman–Crippen MR) is 86.2 cm³/mol. The standard InChI is InChI=1S/C14H18N6O2S/c1-3-15-13(22)10(2)16-12(21)9-23-14-17-18-19-20(14)11-7-5-4-6-8-11/h4-8,10H,3,9H2,1-2H3,(H,15,22)(H,16,21)/t10-/m0/s1. The van der Waals surface area contributed by atoms with Crippen LogP contribution in [0.4, 0.5) is 0 Å². The van der Waals surface area contributed by atoms with Gasteiger partial charge in [-0.05, 0) is 36.4 Å². The van der Waals surface area contributed by atoms with E-state index in [0.29, 0.717) is 11.7 Å². The molecule has 0 radical (unpaired) electrons. The van der Waals surface area contributed by atoms with E-state index in [9.17, 15) is 9.59 Å². The van der Waals surface area contributed by atoms with Crippen molar-refractivity contribution in [3.63, 3.8) is 0 Å². The van der Waals surface area contributed by atoms with Crippen LogP contribution in [-0.4, -0.2) is 50.4 Å². The Morgan fingerprint density at radius 2 is 2.04 bits per heavy atom. The summed E-state index contributed by atoms with van der Waals surface area (Å²) in [5.74, 6) is -0.340. The summed E-state index contributed by atoms with van der Waals surface area (Å²) in [6.45, 7) is 3.99. The Hall–Kier alpha value is -2.42. The van der Waals surface area contributed by atoms with Gasteiger partial charge in [0.1, 0.15) is 6.04 Å². The third kappa shape index (κ3) is 4.78. The van der Waals surface area contributed by atoms with Crippen molar-refractivity contribution >= 4 is 23.6 Å². The molecule has 2 aromatic rings. The quantitative estimate of drug-likeness (QED) is 0.711. The zero-order valence-electron chi connectivity index (χ0n) is 12.9. The fourth-order valence-electron chi connectivity index (χ4n) is 1.81. The molecule has 0 spiro atoms. The number of nitrogens with one attached hydrogen (secondary N) is 2. The molecule has 1 atom stereocenters. The number of nitrogens with zero attached hydrogens (tertiary/aromatic N) is 4. The summed E-state index contributed by atoms with van der Waals surface area (Å²) in [6.07, 6.45) is 0. The number of rotatable bonds is 7. The molecule has 23 heavy (non-hydrogen) atoms. The Morgan fingerprint density at radius 3 is 2.74 bits per heavy atom. The maximum Gasteiger partial charge on any atom is 0.242 e. The normalized spacial score (nSPS) is 11.7. The molecular formula is C14H18N6O2S. The molecule has 8 nitrogen and oxygen atoms in total. The molecule has 2 N–H and O–H groups in total. The smallest absolute Gasteiger partial charge is 0.242 e. The van der Waals surface area contributed by atoms with Crippen molar-refractivity contribution in [3.8, 4) is 5.69 Å². The summed E-state index contributed by atoms with van der Waals surface area (Å²) < 4.78 is 1.56. The van der Waals surface area contributed by atoms with Crippen molar-refractivity contribution in [2.75, 3.05) is 12.3 Å². The Balaban J connectivity index is 1.91. The van der Waals surface area contributed by atoms with Crippen LogP contribution in [0.3, 0.4) is 0 Å². The zero-order chi connectivity index (χ0) is 16.7. The van der Waals surface area contributed by atoms with Gasteiger partial charge in [-0.3, -0.25) is 9.59 Å². The fraction of sp³-hybridized carbons (Fsp3) is 0.357. The van der Waals surface area contributed by atoms with E-state index in [0.717, 1.165) is 5.69 Å². The van der Waals surface area contributed by atoms with Gasteiger partial charge < -0.3 is 10.6 Å². The van der Waals surface area contributed by atoms with Crippen LogP contribution >= 0.6 is 11.8 Å². The molecule has 122 valence electrons. The number of benzene rings is 1. The number of aromatic nitrogens is 4. The van der Waals surface area contributed by atoms with Gasteiger partial charge in [-0.15, -0.1) is 5.10 Å². The van der Waals surface area contributed by atoms with Crippen LogP contribution in [0.2, 0.25) is 0 Å². The van der Waals surface area contributed by atoms with Gasteiger partial charge in [0.25, 0.3) is 0 Å². The molecule has 1 heterocycles. The minimum Gasteiger partial charge on any atom is -0.355 e. The summed E-state index contributed by atoms with van der Waals surface area (Å²) >= 11 is 1.21. The number of thioether (sulfide) groups is 1. The van der Waals surface area contributed by atoms with Gasteiger partial charge in [0.15, 0.2) is 0 Å². The highest BCUT2D eigenvalue weighted by molar-refractivity contribution is 7.99. The van der Waals surface area contributed by atoms with Gasteiger partial charge in [-0.25, -0.2) is 0 Å². The van der Waals surface area contributed by atoms with Crippen molar-refractivity contribution in [2.24, 2.45) is 0 Å². The second-order valence-electron chi connectivity index (χ2n) is 4.68. The lowest BCUT2D eigenvalue weighted by Crippen LogP contribution is -2.45. The maximum absolute atomic E-state index is 11.9. The Morgan fingerprint density at radius 1 is 1.30 bits per heavy atom. The molecule has 0 aliphatic rings. The minimum atomic E-state index is -0.576. The first-order valence-electron chi connectivity index (χ1n) is 7.15. The summed E-state index contributed by atoms with van der Waals surface area (Å²) in [5, 5.41) is 17.3. The first-order valence-corrected chi connectivity index (χ1v) is 8.14. The largest absolute Gasteiger partial charge is 0.355 e. The molecule has 1 aromatic heterocycles. The highest BCUT2D eigenvalue weighted by atomic mass is 32.2. The number of hydrogen-bond donors (Lipinski definition) is 2. The lowest BCUT2D eigenvalue weighted by molar-refractivity contribution is -0.127. The lowest BCUT2D eigenvalue weighted by atomic mass is 10.3. The summed E-state index contributed by atoms with van der Waals surface area (Å²) in [5.41, 5.74) is 0.816. The number of carbonyl (C=O) groups excluding carboxylic acids is 2. The van der Waals surface area contributed by atoms with E-state index in [4.69, 9.17) is 0 Å². The van der Waals surface area contributed by atoms with Gasteiger partial charge in [-0.1, -0.05) is 30.0 Å². The van der Waals surface area contributed by atoms with Crippen LogP contribution < -0.4 is 10.6 Å². The monoisotopic (exact) mass is 334 g/mol. The summed E-state index contributed by atoms with van der Waals surface area (Å²) in [7, 11) is 0. The number of carbonyl (C=O) groups is 2. The van der Waals surface area contributed by atoms with E-state index in [1.165, 1.54) is 11.8 Å². The van der Waals surface area contributed by atoms with Crippen LogP contribution in [-0.2, 0) is 9.59 Å². The van der Waals surface area contributed by atoms with Crippen LogP contribution in [0.1, 0.15) is 13.8 Å². The number of hydrogen-bond acceptors (Lipinski definition) is 6. The Labute approximate surface area is 138 Å². The Kier molecular flexibility index (Phi) is 6.10. The first kappa shape index (κ1) is 16.9. The molecule has 0 bridgehead atoms. The SMILES string of the molecule is CCNC(=O)[C@H](C)NC(=O)CSc1nnnn1-c1ccccc1. The summed E-state index contributed by atoms with van der Waals surface area (Å²) in [4.78, 5) is 23.5. The van der Waals surface area contributed by atoms with Crippen molar-refractivity contribution in [1.29, 1.82) is 0 Å². The van der Waals surface area contributed by atoms with Crippen LogP contribution in [0, 0.1) is 0 Å². The molecule has 0 fully saturated rings. The van der Waals surface area contributed by atoms with Crippen molar-refractivity contribution in [3.05, 3.63) is 30.3 Å². The molecule has 2 rings (SSSR count). The van der Waals surface area contributed by atoms with Crippen LogP contribution in [0.25, 0.3) is 5.69 Å². The molecule has 1 aromatic carbocycles. The first-order chi connectivity index (χ1) is 11.1. The molecule has 0 saturated heterocycles. The van der Waals surface area contributed by atoms with Crippen LogP contribution in [0.5, 0.6) is 0 Å². The number of likely N-dealkylation sites (N-methyl/N-ethyl adjacent to an activating group) is 1. The van der Waals surface area contributed by atoms with E-state index >= 15 is 0 Å². The van der Waals surface area contributed by atoms with Crippen molar-refractivity contribution < 1.29 is 9.59 Å². The zero-order valence-corrected chi connectivity index (χ0v) is 13.7. The van der Waals surface area contributed by atoms with E-state index in [2.05, 4.69) is 26.2 Å². The molecule has 0 saturated carbocycles. The maximum atomic E-state index is 11.9. The Bertz CT molecular complexity index is 660. The molecule has 2 amide bonds. The second-order valence-corrected chi connectivity index (χ2v) is 5.62. The second kappa shape index (κ2) is 8.28. The predicted octanol–water partition coefficient (Wildman–Crippen LogP) is 0.395. The van der Waals surface area contributed by atoms with Gasteiger partial charge in [0.05, 0.1) is 11.4 Å². The average molecular weight is 334 g/mol. The van der Waals surface area contributed by atoms with E-state index < -0.39 is 6.04 Å². The third-order valence-electron chi connectivity index (χ3n) is 2.90. The van der Waals surface area contributed by atoms with E-state index in [1.807, 2.05) is 37.3 Å². The van der Waals surface area contributed by atoms with Gasteiger partial charge in [-0.2, -0.15) is 4.68 Å². The van der Waals surface area contributed by atoms with Gasteiger partial charge in [0.2, 0.25) is 17.0 Å². The molecular weight excluding hydrogens is 316 g/mol.